The molecule has 3 N–H and O–H groups in total. The maximum Gasteiger partial charge on any atom is 0.323 e. The summed E-state index contributed by atoms with van der Waals surface area (Å²) in [5.74, 6) is -1.13. The molecule has 0 aliphatic heterocycles. The molecule has 0 aliphatic carbocycles. The predicted molar refractivity (Wildman–Crippen MR) is 38.9 cm³/mol. The smallest absolute Gasteiger partial charge is 0.323 e. The number of H-pyrrole nitrogens is 1. The third-order valence-corrected chi connectivity index (χ3v) is 1.42. The fourth-order valence-electron chi connectivity index (χ4n) is 0.683. The first-order chi connectivity index (χ1) is 5.09. The van der Waals surface area contributed by atoms with Gasteiger partial charge in [0.25, 0.3) is 0 Å². The number of hydrogen-bond acceptors (Lipinski definition) is 3. The molecule has 60 valence electrons. The number of aromatic amines is 1. The van der Waals surface area contributed by atoms with Crippen molar-refractivity contribution in [3.8, 4) is 5.88 Å². The minimum atomic E-state index is -1.000. The van der Waals surface area contributed by atoms with Gasteiger partial charge in [0, 0.05) is 0 Å². The van der Waals surface area contributed by atoms with Gasteiger partial charge in [0.1, 0.15) is 6.54 Å². The third kappa shape index (κ3) is 1.81. The first-order valence-electron chi connectivity index (χ1n) is 2.80. The summed E-state index contributed by atoms with van der Waals surface area (Å²) in [5.41, 5.74) is 0. The topological polar surface area (TPSA) is 78.2 Å². The maximum atomic E-state index is 10.2. The number of aliphatic carboxylic acids is 1. The Labute approximate surface area is 66.9 Å². The Morgan fingerprint density at radius 3 is 2.82 bits per heavy atom. The van der Waals surface area contributed by atoms with Gasteiger partial charge in [-0.3, -0.25) is 4.79 Å². The van der Waals surface area contributed by atoms with Gasteiger partial charge in [0.2, 0.25) is 5.88 Å². The lowest BCUT2D eigenvalue weighted by atomic mass is 10.6. The van der Waals surface area contributed by atoms with E-state index in [4.69, 9.17) is 10.2 Å². The quantitative estimate of drug-likeness (QED) is 0.565. The van der Waals surface area contributed by atoms with Crippen molar-refractivity contribution in [1.82, 2.24) is 9.55 Å². The van der Waals surface area contributed by atoms with Crippen LogP contribution in [-0.4, -0.2) is 25.7 Å². The van der Waals surface area contributed by atoms with Crippen LogP contribution >= 0.6 is 12.2 Å². The van der Waals surface area contributed by atoms with Gasteiger partial charge in [-0.2, -0.15) is 0 Å². The zero-order valence-corrected chi connectivity index (χ0v) is 6.26. The van der Waals surface area contributed by atoms with Crippen molar-refractivity contribution in [2.45, 2.75) is 6.54 Å². The molecule has 6 heteroatoms. The monoisotopic (exact) mass is 174 g/mol. The van der Waals surface area contributed by atoms with Gasteiger partial charge in [0.05, 0.1) is 6.20 Å². The van der Waals surface area contributed by atoms with Crippen LogP contribution in [0, 0.1) is 4.77 Å². The highest BCUT2D eigenvalue weighted by atomic mass is 32.1. The molecule has 0 spiro atoms. The number of rotatable bonds is 2. The molecule has 1 aromatic heterocycles. The first kappa shape index (κ1) is 7.80. The summed E-state index contributed by atoms with van der Waals surface area (Å²) in [6.07, 6.45) is 1.23. The van der Waals surface area contributed by atoms with Gasteiger partial charge in [-0.1, -0.05) is 0 Å². The minimum absolute atomic E-state index is 0.128. The first-order valence-corrected chi connectivity index (χ1v) is 3.20. The average Bonchev–Trinajstić information content (AvgIpc) is 2.09. The molecule has 1 aromatic rings. The number of carboxylic acid groups (broad SMARTS) is 1. The van der Waals surface area contributed by atoms with Gasteiger partial charge in [-0.05, 0) is 12.2 Å². The Bertz CT molecular complexity index is 327. The zero-order chi connectivity index (χ0) is 8.43. The fraction of sp³-hybridized carbons (Fsp3) is 0.200. The largest absolute Gasteiger partial charge is 0.493 e. The van der Waals surface area contributed by atoms with Crippen LogP contribution in [0.4, 0.5) is 0 Å². The molecule has 0 aromatic carbocycles. The van der Waals surface area contributed by atoms with Gasteiger partial charge >= 0.3 is 5.97 Å². The van der Waals surface area contributed by atoms with Crippen LogP contribution in [0.3, 0.4) is 0 Å². The number of aromatic nitrogens is 2. The van der Waals surface area contributed by atoms with E-state index in [-0.39, 0.29) is 17.2 Å². The molecular formula is C5H6N2O3S. The number of nitrogens with one attached hydrogen (secondary N) is 1. The van der Waals surface area contributed by atoms with Gasteiger partial charge in [-0.25, -0.2) is 0 Å². The van der Waals surface area contributed by atoms with Crippen LogP contribution in [0.15, 0.2) is 6.20 Å². The second kappa shape index (κ2) is 2.75. The van der Waals surface area contributed by atoms with Crippen LogP contribution in [0.25, 0.3) is 0 Å². The molecule has 11 heavy (non-hydrogen) atoms. The fourth-order valence-corrected chi connectivity index (χ4v) is 0.905. The summed E-state index contributed by atoms with van der Waals surface area (Å²) in [5, 5.41) is 17.1. The number of carboxylic acids is 1. The van der Waals surface area contributed by atoms with E-state index in [1.165, 1.54) is 10.8 Å². The number of hydrogen-bond donors (Lipinski definition) is 3. The van der Waals surface area contributed by atoms with E-state index >= 15 is 0 Å². The van der Waals surface area contributed by atoms with Crippen molar-refractivity contribution in [3.63, 3.8) is 0 Å². The summed E-state index contributed by atoms with van der Waals surface area (Å²) in [7, 11) is 0. The van der Waals surface area contributed by atoms with Crippen molar-refractivity contribution in [2.75, 3.05) is 0 Å². The van der Waals surface area contributed by atoms with Crippen molar-refractivity contribution in [2.24, 2.45) is 0 Å². The highest BCUT2D eigenvalue weighted by Crippen LogP contribution is 2.03. The summed E-state index contributed by atoms with van der Waals surface area (Å²) < 4.78 is 1.43. The lowest BCUT2D eigenvalue weighted by Crippen LogP contribution is -2.07. The Balaban J connectivity index is 2.95. The lowest BCUT2D eigenvalue weighted by Gasteiger charge is -1.92. The van der Waals surface area contributed by atoms with Gasteiger partial charge in [-0.15, -0.1) is 0 Å². The average molecular weight is 174 g/mol. The number of nitrogens with zero attached hydrogens (tertiary/aromatic N) is 1. The highest BCUT2D eigenvalue weighted by molar-refractivity contribution is 7.71. The minimum Gasteiger partial charge on any atom is -0.493 e. The molecule has 0 saturated heterocycles. The molecule has 0 bridgehead atoms. The van der Waals surface area contributed by atoms with Gasteiger partial charge in [0.15, 0.2) is 4.77 Å². The predicted octanol–water partition coefficient (Wildman–Crippen LogP) is 0.336. The maximum absolute atomic E-state index is 10.2. The summed E-state index contributed by atoms with van der Waals surface area (Å²) in [4.78, 5) is 12.6. The van der Waals surface area contributed by atoms with Crippen LogP contribution in [0.2, 0.25) is 0 Å². The molecule has 0 radical (unpaired) electrons. The molecule has 1 rings (SSSR count). The van der Waals surface area contributed by atoms with Crippen molar-refractivity contribution in [3.05, 3.63) is 11.0 Å². The zero-order valence-electron chi connectivity index (χ0n) is 5.44. The van der Waals surface area contributed by atoms with E-state index in [2.05, 4.69) is 17.2 Å². The number of carbonyl (C=O) groups is 1. The highest BCUT2D eigenvalue weighted by Gasteiger charge is 2.01. The summed E-state index contributed by atoms with van der Waals surface area (Å²) in [6.45, 7) is -0.240. The van der Waals surface area contributed by atoms with E-state index < -0.39 is 5.97 Å². The Hall–Kier alpha value is -1.30. The van der Waals surface area contributed by atoms with E-state index in [1.54, 1.807) is 0 Å². The van der Waals surface area contributed by atoms with Gasteiger partial charge < -0.3 is 19.8 Å². The molecule has 0 atom stereocenters. The Kier molecular flexibility index (Phi) is 1.95. The SMILES string of the molecule is O=C(O)Cn1cc(O)[nH]c1=S. The van der Waals surface area contributed by atoms with E-state index in [9.17, 15) is 4.79 Å². The Morgan fingerprint density at radius 2 is 2.45 bits per heavy atom. The molecule has 0 saturated carbocycles. The van der Waals surface area contributed by atoms with Crippen LogP contribution in [0.5, 0.6) is 5.88 Å². The second-order valence-electron chi connectivity index (χ2n) is 1.97. The van der Waals surface area contributed by atoms with E-state index in [1.807, 2.05) is 0 Å². The van der Waals surface area contributed by atoms with Crippen molar-refractivity contribution >= 4 is 18.2 Å². The normalized spacial score (nSPS) is 9.82. The second-order valence-corrected chi connectivity index (χ2v) is 2.35. The number of aromatic hydroxyl groups is 1. The summed E-state index contributed by atoms with van der Waals surface area (Å²) >= 11 is 4.68. The van der Waals surface area contributed by atoms with Crippen LogP contribution < -0.4 is 0 Å². The standard InChI is InChI=1S/C5H6N2O3S/c8-3-1-7(2-4(9)10)5(11)6-3/h1,8H,2H2,(H,6,11)(H,9,10). The van der Waals surface area contributed by atoms with Crippen molar-refractivity contribution in [1.29, 1.82) is 0 Å². The van der Waals surface area contributed by atoms with Crippen LogP contribution in [-0.2, 0) is 11.3 Å². The molecule has 0 aliphatic rings. The Morgan fingerprint density at radius 1 is 1.82 bits per heavy atom. The summed E-state index contributed by atoms with van der Waals surface area (Å²) in [6, 6.07) is 0. The molecule has 0 unspecified atom stereocenters. The van der Waals surface area contributed by atoms with Crippen molar-refractivity contribution < 1.29 is 15.0 Å². The molecule has 5 nitrogen and oxygen atoms in total. The lowest BCUT2D eigenvalue weighted by molar-refractivity contribution is -0.137. The van der Waals surface area contributed by atoms with Crippen LogP contribution in [0.1, 0.15) is 0 Å². The van der Waals surface area contributed by atoms with E-state index in [0.29, 0.717) is 0 Å². The third-order valence-electron chi connectivity index (χ3n) is 1.08. The van der Waals surface area contributed by atoms with E-state index in [0.717, 1.165) is 0 Å². The molecule has 0 amide bonds. The number of imidazole rings is 1. The molecule has 0 fully saturated rings. The molecular weight excluding hydrogens is 168 g/mol. The molecule has 1 heterocycles.